The van der Waals surface area contributed by atoms with Crippen molar-refractivity contribution in [2.45, 2.75) is 37.3 Å². The molecule has 1 aromatic carbocycles. The molecule has 2 aliphatic rings. The van der Waals surface area contributed by atoms with E-state index in [2.05, 4.69) is 18.2 Å². The number of rotatable bonds is 7. The summed E-state index contributed by atoms with van der Waals surface area (Å²) in [7, 11) is 5.05. The molecular formula is C18H22BF3O5P2. The van der Waals surface area contributed by atoms with E-state index in [-0.39, 0.29) is 48.7 Å². The smallest absolute Gasteiger partial charge is 0.416 e. The minimum atomic E-state index is -4.46. The van der Waals surface area contributed by atoms with Crippen LogP contribution in [-0.4, -0.2) is 42.3 Å². The van der Waals surface area contributed by atoms with E-state index in [0.717, 1.165) is 12.1 Å². The molecule has 1 aromatic rings. The molecule has 11 heteroatoms. The number of benzene rings is 1. The van der Waals surface area contributed by atoms with Crippen LogP contribution in [0.2, 0.25) is 0 Å². The molecule has 7 atom stereocenters. The van der Waals surface area contributed by atoms with E-state index in [0.29, 0.717) is 12.8 Å². The van der Waals surface area contributed by atoms with Crippen LogP contribution < -0.4 is 4.74 Å². The lowest BCUT2D eigenvalue weighted by Gasteiger charge is -2.22. The zero-order valence-electron chi connectivity index (χ0n) is 15.4. The molecule has 1 aliphatic carbocycles. The lowest BCUT2D eigenvalue weighted by molar-refractivity contribution is -0.142. The van der Waals surface area contributed by atoms with Crippen molar-refractivity contribution in [3.8, 4) is 5.75 Å². The molecule has 0 amide bonds. The third-order valence-electron chi connectivity index (χ3n) is 5.02. The molecular weight excluding hydrogens is 426 g/mol. The summed E-state index contributed by atoms with van der Waals surface area (Å²) in [6.45, 7) is -0.199. The maximum atomic E-state index is 12.8. The van der Waals surface area contributed by atoms with E-state index >= 15 is 0 Å². The molecule has 0 aromatic heterocycles. The first kappa shape index (κ1) is 22.5. The zero-order valence-corrected chi connectivity index (χ0v) is 17.7. The SMILES string of the molecule is O=C1C[C@@H]2[C@H](C=C[C@@H](O)COc3cccc(C(F)(F)F)c3)[C@H](OB(P)P)C[C@@H]2O1. The quantitative estimate of drug-likeness (QED) is 0.301. The van der Waals surface area contributed by atoms with E-state index < -0.39 is 17.8 Å². The number of carbonyl (C=O) groups excluding carboxylic acids is 1. The molecule has 0 radical (unpaired) electrons. The molecule has 3 rings (SSSR count). The first-order chi connectivity index (χ1) is 13.6. The lowest BCUT2D eigenvalue weighted by atomic mass is 9.91. The first-order valence-corrected chi connectivity index (χ1v) is 10.5. The van der Waals surface area contributed by atoms with Gasteiger partial charge in [0.05, 0.1) is 18.1 Å². The van der Waals surface area contributed by atoms with Gasteiger partial charge in [-0.3, -0.25) is 4.79 Å². The fourth-order valence-corrected chi connectivity index (χ4v) is 4.17. The Morgan fingerprint density at radius 1 is 1.38 bits per heavy atom. The molecule has 0 bridgehead atoms. The number of fused-ring (bicyclic) bond motifs is 1. The van der Waals surface area contributed by atoms with Crippen LogP contribution in [0.4, 0.5) is 13.2 Å². The van der Waals surface area contributed by atoms with Gasteiger partial charge in [0.1, 0.15) is 24.6 Å². The average molecular weight is 448 g/mol. The first-order valence-electron chi connectivity index (χ1n) is 9.16. The molecule has 1 saturated carbocycles. The molecule has 0 spiro atoms. The lowest BCUT2D eigenvalue weighted by Crippen LogP contribution is -2.25. The monoisotopic (exact) mass is 448 g/mol. The summed E-state index contributed by atoms with van der Waals surface area (Å²) in [6.07, 6.45) is -1.80. The van der Waals surface area contributed by atoms with Gasteiger partial charge >= 0.3 is 18.5 Å². The summed E-state index contributed by atoms with van der Waals surface area (Å²) in [5.41, 5.74) is -0.813. The van der Waals surface area contributed by atoms with Gasteiger partial charge in [-0.1, -0.05) is 18.2 Å². The summed E-state index contributed by atoms with van der Waals surface area (Å²) < 4.78 is 54.8. The van der Waals surface area contributed by atoms with Crippen LogP contribution in [0, 0.1) is 11.8 Å². The Labute approximate surface area is 171 Å². The van der Waals surface area contributed by atoms with Crippen molar-refractivity contribution < 1.29 is 37.2 Å². The van der Waals surface area contributed by atoms with Gasteiger partial charge in [-0.15, -0.1) is 18.2 Å². The highest BCUT2D eigenvalue weighted by atomic mass is 31.1. The number of esters is 1. The van der Waals surface area contributed by atoms with Crippen LogP contribution in [0.1, 0.15) is 18.4 Å². The number of carbonyl (C=O) groups is 1. The summed E-state index contributed by atoms with van der Waals surface area (Å²) in [4.78, 5) is 11.6. The van der Waals surface area contributed by atoms with Gasteiger partial charge < -0.3 is 19.2 Å². The van der Waals surface area contributed by atoms with E-state index in [1.807, 2.05) is 0 Å². The van der Waals surface area contributed by atoms with Gasteiger partial charge in [-0.25, -0.2) is 0 Å². The molecule has 5 nitrogen and oxygen atoms in total. The second-order valence-corrected chi connectivity index (χ2v) is 9.22. The molecule has 1 aliphatic heterocycles. The Balaban J connectivity index is 1.60. The van der Waals surface area contributed by atoms with Gasteiger partial charge in [0, 0.05) is 18.3 Å². The number of ether oxygens (including phenoxy) is 2. The van der Waals surface area contributed by atoms with E-state index in [9.17, 15) is 23.1 Å². The van der Waals surface area contributed by atoms with E-state index in [4.69, 9.17) is 14.1 Å². The molecule has 158 valence electrons. The van der Waals surface area contributed by atoms with Gasteiger partial charge in [0.25, 0.3) is 0 Å². The topological polar surface area (TPSA) is 65.0 Å². The van der Waals surface area contributed by atoms with Crippen molar-refractivity contribution in [2.75, 3.05) is 6.61 Å². The standard InChI is InChI=1S/C18H22BF3O5P2/c20-18(21,22)10-2-1-3-12(6-10)25-9-11(23)4-5-13-14-7-17(24)26-15(14)8-16(13)27-19(28)29/h1-6,11,13-16,23H,7-9,28-29H2/t11-,13+,14-,15+,16-/m1/s1. The third kappa shape index (κ3) is 5.94. The minimum absolute atomic E-state index is 0.0194. The van der Waals surface area contributed by atoms with Crippen LogP contribution >= 0.6 is 18.2 Å². The molecule has 2 unspecified atom stereocenters. The largest absolute Gasteiger partial charge is 0.491 e. The predicted molar refractivity (Wildman–Crippen MR) is 108 cm³/mol. The van der Waals surface area contributed by atoms with Crippen LogP contribution in [-0.2, 0) is 20.4 Å². The van der Waals surface area contributed by atoms with Gasteiger partial charge in [-0.05, 0) is 18.2 Å². The molecule has 29 heavy (non-hydrogen) atoms. The molecule has 1 N–H and O–H groups in total. The highest BCUT2D eigenvalue weighted by molar-refractivity contribution is 7.92. The fraction of sp³-hybridized carbons (Fsp3) is 0.500. The van der Waals surface area contributed by atoms with Crippen LogP contribution in [0.3, 0.4) is 0 Å². The Morgan fingerprint density at radius 2 is 2.14 bits per heavy atom. The van der Waals surface area contributed by atoms with Gasteiger partial charge in [0.2, 0.25) is 0 Å². The van der Waals surface area contributed by atoms with E-state index in [1.54, 1.807) is 6.08 Å². The highest BCUT2D eigenvalue weighted by Gasteiger charge is 2.49. The molecule has 1 heterocycles. The minimum Gasteiger partial charge on any atom is -0.491 e. The Bertz CT molecular complexity index is 761. The van der Waals surface area contributed by atoms with Crippen molar-refractivity contribution in [2.24, 2.45) is 11.8 Å². The number of aliphatic hydroxyl groups excluding tert-OH is 1. The molecule has 2 fully saturated rings. The Hall–Kier alpha value is -1.14. The van der Waals surface area contributed by atoms with Crippen LogP contribution in [0.25, 0.3) is 0 Å². The number of hydrogen-bond acceptors (Lipinski definition) is 5. The summed E-state index contributed by atoms with van der Waals surface area (Å²) >= 11 is 0. The Kier molecular flexibility index (Phi) is 7.26. The number of halogens is 3. The fourth-order valence-electron chi connectivity index (χ4n) is 3.77. The maximum Gasteiger partial charge on any atom is 0.416 e. The summed E-state index contributed by atoms with van der Waals surface area (Å²) in [6, 6.07) is 4.49. The summed E-state index contributed by atoms with van der Waals surface area (Å²) in [5, 5.41) is 10.2. The van der Waals surface area contributed by atoms with Crippen molar-refractivity contribution in [1.29, 1.82) is 0 Å². The van der Waals surface area contributed by atoms with E-state index in [1.165, 1.54) is 18.2 Å². The van der Waals surface area contributed by atoms with Crippen molar-refractivity contribution in [3.05, 3.63) is 42.0 Å². The van der Waals surface area contributed by atoms with Gasteiger partial charge in [-0.2, -0.15) is 13.2 Å². The van der Waals surface area contributed by atoms with Crippen molar-refractivity contribution in [3.63, 3.8) is 0 Å². The third-order valence-corrected chi connectivity index (χ3v) is 5.33. The second kappa shape index (κ2) is 9.34. The number of hydrogen-bond donors (Lipinski definition) is 1. The van der Waals surface area contributed by atoms with Crippen molar-refractivity contribution >= 4 is 30.6 Å². The number of aliphatic hydroxyl groups is 1. The van der Waals surface area contributed by atoms with Gasteiger partial charge in [0.15, 0.2) is 0 Å². The highest BCUT2D eigenvalue weighted by Crippen LogP contribution is 2.44. The number of alkyl halides is 3. The zero-order chi connectivity index (χ0) is 21.2. The average Bonchev–Trinajstić information content (AvgIpc) is 3.13. The predicted octanol–water partition coefficient (Wildman–Crippen LogP) is 3.07. The maximum absolute atomic E-state index is 12.8. The normalized spacial score (nSPS) is 27.7. The second-order valence-electron chi connectivity index (χ2n) is 7.14. The van der Waals surface area contributed by atoms with Crippen LogP contribution in [0.15, 0.2) is 36.4 Å². The van der Waals surface area contributed by atoms with Crippen LogP contribution in [0.5, 0.6) is 5.75 Å². The summed E-state index contributed by atoms with van der Waals surface area (Å²) in [5.74, 6) is -0.344. The Morgan fingerprint density at radius 3 is 2.83 bits per heavy atom. The van der Waals surface area contributed by atoms with Crippen molar-refractivity contribution in [1.82, 2.24) is 0 Å². The molecule has 1 saturated heterocycles.